The van der Waals surface area contributed by atoms with Crippen molar-refractivity contribution in [1.82, 2.24) is 9.47 Å². The summed E-state index contributed by atoms with van der Waals surface area (Å²) in [6.07, 6.45) is 2.88. The van der Waals surface area contributed by atoms with Crippen LogP contribution in [-0.2, 0) is 13.5 Å². The Morgan fingerprint density at radius 2 is 2.32 bits per heavy atom. The predicted octanol–water partition coefficient (Wildman–Crippen LogP) is 3.61. The molecule has 3 heterocycles. The van der Waals surface area contributed by atoms with Gasteiger partial charge in [-0.3, -0.25) is 4.79 Å². The van der Waals surface area contributed by atoms with E-state index in [0.717, 1.165) is 23.1 Å². The van der Waals surface area contributed by atoms with E-state index in [4.69, 9.17) is 0 Å². The standard InChI is InChI=1S/C14H15BrN2OS/c1-9-11-4-6-19-13(11)3-5-17(9)14(18)12-7-10(15)8-16(12)2/h4,6-9H,3,5H2,1-2H3. The number of aryl methyl sites for hydroxylation is 1. The van der Waals surface area contributed by atoms with Crippen LogP contribution in [0, 0.1) is 0 Å². The summed E-state index contributed by atoms with van der Waals surface area (Å²) >= 11 is 5.22. The third kappa shape index (κ3) is 2.15. The third-order valence-corrected chi connectivity index (χ3v) is 5.16. The van der Waals surface area contributed by atoms with Crippen molar-refractivity contribution < 1.29 is 4.79 Å². The zero-order chi connectivity index (χ0) is 13.6. The van der Waals surface area contributed by atoms with E-state index in [1.54, 1.807) is 11.3 Å². The summed E-state index contributed by atoms with van der Waals surface area (Å²) in [5, 5.41) is 2.12. The normalized spacial score (nSPS) is 18.5. The van der Waals surface area contributed by atoms with Gasteiger partial charge in [-0.1, -0.05) is 0 Å². The highest BCUT2D eigenvalue weighted by molar-refractivity contribution is 9.10. The van der Waals surface area contributed by atoms with Gasteiger partial charge in [0.15, 0.2) is 0 Å². The van der Waals surface area contributed by atoms with Crippen molar-refractivity contribution in [2.45, 2.75) is 19.4 Å². The zero-order valence-electron chi connectivity index (χ0n) is 10.9. The molecule has 0 saturated heterocycles. The van der Waals surface area contributed by atoms with Crippen molar-refractivity contribution in [2.75, 3.05) is 6.54 Å². The van der Waals surface area contributed by atoms with Gasteiger partial charge in [0.1, 0.15) is 5.69 Å². The Balaban J connectivity index is 1.92. The number of hydrogen-bond acceptors (Lipinski definition) is 2. The molecule has 0 N–H and O–H groups in total. The maximum absolute atomic E-state index is 12.7. The minimum Gasteiger partial charge on any atom is -0.345 e. The van der Waals surface area contributed by atoms with Gasteiger partial charge in [0.05, 0.1) is 6.04 Å². The molecule has 0 aromatic carbocycles. The summed E-state index contributed by atoms with van der Waals surface area (Å²) in [6.45, 7) is 2.91. The Labute approximate surface area is 125 Å². The van der Waals surface area contributed by atoms with Gasteiger partial charge in [-0.05, 0) is 52.4 Å². The zero-order valence-corrected chi connectivity index (χ0v) is 13.3. The molecule has 19 heavy (non-hydrogen) atoms. The van der Waals surface area contributed by atoms with E-state index in [0.29, 0.717) is 0 Å². The highest BCUT2D eigenvalue weighted by atomic mass is 79.9. The molecule has 3 rings (SSSR count). The van der Waals surface area contributed by atoms with Crippen molar-refractivity contribution in [3.63, 3.8) is 0 Å². The molecule has 0 aliphatic carbocycles. The summed E-state index contributed by atoms with van der Waals surface area (Å²) in [5.74, 6) is 0.109. The average Bonchev–Trinajstić information content (AvgIpc) is 2.96. The number of amides is 1. The fourth-order valence-electron chi connectivity index (χ4n) is 2.67. The van der Waals surface area contributed by atoms with Crippen LogP contribution in [0.25, 0.3) is 0 Å². The molecule has 1 aliphatic heterocycles. The molecular formula is C14H15BrN2OS. The first-order chi connectivity index (χ1) is 9.08. The molecule has 0 fully saturated rings. The summed E-state index contributed by atoms with van der Waals surface area (Å²) < 4.78 is 2.82. The smallest absolute Gasteiger partial charge is 0.271 e. The van der Waals surface area contributed by atoms with Crippen LogP contribution in [0.15, 0.2) is 28.2 Å². The summed E-state index contributed by atoms with van der Waals surface area (Å²) in [6, 6.07) is 4.19. The molecule has 100 valence electrons. The van der Waals surface area contributed by atoms with Gasteiger partial charge in [-0.15, -0.1) is 11.3 Å². The summed E-state index contributed by atoms with van der Waals surface area (Å²) in [7, 11) is 1.91. The largest absolute Gasteiger partial charge is 0.345 e. The van der Waals surface area contributed by atoms with E-state index >= 15 is 0 Å². The highest BCUT2D eigenvalue weighted by Gasteiger charge is 2.30. The van der Waals surface area contributed by atoms with Crippen LogP contribution in [0.1, 0.15) is 33.9 Å². The number of nitrogens with zero attached hydrogens (tertiary/aromatic N) is 2. The summed E-state index contributed by atoms with van der Waals surface area (Å²) in [5.41, 5.74) is 2.04. The topological polar surface area (TPSA) is 25.2 Å². The van der Waals surface area contributed by atoms with Crippen molar-refractivity contribution >= 4 is 33.2 Å². The van der Waals surface area contributed by atoms with Gasteiger partial charge < -0.3 is 9.47 Å². The Morgan fingerprint density at radius 1 is 1.53 bits per heavy atom. The first-order valence-electron chi connectivity index (χ1n) is 6.27. The molecule has 0 radical (unpaired) electrons. The monoisotopic (exact) mass is 338 g/mol. The lowest BCUT2D eigenvalue weighted by atomic mass is 10.0. The minimum absolute atomic E-state index is 0.109. The molecule has 1 amide bonds. The molecule has 1 aliphatic rings. The molecular weight excluding hydrogens is 324 g/mol. The highest BCUT2D eigenvalue weighted by Crippen LogP contribution is 2.33. The maximum atomic E-state index is 12.7. The lowest BCUT2D eigenvalue weighted by molar-refractivity contribution is 0.0669. The fraction of sp³-hybridized carbons (Fsp3) is 0.357. The van der Waals surface area contributed by atoms with Crippen molar-refractivity contribution in [3.05, 3.63) is 44.3 Å². The van der Waals surface area contributed by atoms with Crippen LogP contribution in [0.5, 0.6) is 0 Å². The molecule has 0 spiro atoms. The number of rotatable bonds is 1. The van der Waals surface area contributed by atoms with Crippen LogP contribution >= 0.6 is 27.3 Å². The van der Waals surface area contributed by atoms with E-state index in [1.165, 1.54) is 10.4 Å². The van der Waals surface area contributed by atoms with E-state index in [-0.39, 0.29) is 11.9 Å². The molecule has 2 aromatic heterocycles. The Kier molecular flexibility index (Phi) is 3.27. The van der Waals surface area contributed by atoms with E-state index < -0.39 is 0 Å². The average molecular weight is 339 g/mol. The van der Waals surface area contributed by atoms with Crippen LogP contribution < -0.4 is 0 Å². The molecule has 0 bridgehead atoms. The molecule has 0 saturated carbocycles. The number of aromatic nitrogens is 1. The lowest BCUT2D eigenvalue weighted by Gasteiger charge is -2.33. The number of halogens is 1. The molecule has 1 unspecified atom stereocenters. The van der Waals surface area contributed by atoms with Gasteiger partial charge in [-0.2, -0.15) is 0 Å². The van der Waals surface area contributed by atoms with Crippen LogP contribution in [-0.4, -0.2) is 21.9 Å². The first kappa shape index (κ1) is 12.9. The van der Waals surface area contributed by atoms with E-state index in [2.05, 4.69) is 34.3 Å². The first-order valence-corrected chi connectivity index (χ1v) is 7.94. The minimum atomic E-state index is 0.109. The van der Waals surface area contributed by atoms with Gasteiger partial charge in [0.2, 0.25) is 0 Å². The number of thiophene rings is 1. The lowest BCUT2D eigenvalue weighted by Crippen LogP contribution is -2.39. The number of carbonyl (C=O) groups excluding carboxylic acids is 1. The van der Waals surface area contributed by atoms with Gasteiger partial charge >= 0.3 is 0 Å². The number of fused-ring (bicyclic) bond motifs is 1. The maximum Gasteiger partial charge on any atom is 0.271 e. The molecule has 1 atom stereocenters. The van der Waals surface area contributed by atoms with Crippen molar-refractivity contribution in [3.8, 4) is 0 Å². The van der Waals surface area contributed by atoms with Gasteiger partial charge in [0, 0.05) is 29.1 Å². The van der Waals surface area contributed by atoms with Crippen molar-refractivity contribution in [2.24, 2.45) is 7.05 Å². The Bertz CT molecular complexity index is 631. The van der Waals surface area contributed by atoms with Crippen molar-refractivity contribution in [1.29, 1.82) is 0 Å². The quantitative estimate of drug-likeness (QED) is 0.779. The molecule has 5 heteroatoms. The van der Waals surface area contributed by atoms with Gasteiger partial charge in [0.25, 0.3) is 5.91 Å². The van der Waals surface area contributed by atoms with E-state index in [9.17, 15) is 4.79 Å². The van der Waals surface area contributed by atoms with E-state index in [1.807, 2.05) is 28.8 Å². The third-order valence-electron chi connectivity index (χ3n) is 3.73. The fourth-order valence-corrected chi connectivity index (χ4v) is 4.16. The van der Waals surface area contributed by atoms with Gasteiger partial charge in [-0.25, -0.2) is 0 Å². The SMILES string of the molecule is CC1c2ccsc2CCN1C(=O)c1cc(Br)cn1C. The second kappa shape index (κ2) is 4.80. The van der Waals surface area contributed by atoms with Crippen LogP contribution in [0.4, 0.5) is 0 Å². The van der Waals surface area contributed by atoms with Crippen LogP contribution in [0.2, 0.25) is 0 Å². The second-order valence-electron chi connectivity index (χ2n) is 4.88. The molecule has 3 nitrogen and oxygen atoms in total. The predicted molar refractivity (Wildman–Crippen MR) is 80.6 cm³/mol. The Hall–Kier alpha value is -1.07. The van der Waals surface area contributed by atoms with Crippen LogP contribution in [0.3, 0.4) is 0 Å². The second-order valence-corrected chi connectivity index (χ2v) is 6.79. The summed E-state index contributed by atoms with van der Waals surface area (Å²) in [4.78, 5) is 16.1. The number of hydrogen-bond donors (Lipinski definition) is 0. The Morgan fingerprint density at radius 3 is 3.00 bits per heavy atom. The molecule has 2 aromatic rings. The number of carbonyl (C=O) groups is 1.